The summed E-state index contributed by atoms with van der Waals surface area (Å²) in [5.41, 5.74) is 1.60. The molecule has 2 rings (SSSR count). The van der Waals surface area contributed by atoms with Crippen LogP contribution in [0.25, 0.3) is 0 Å². The van der Waals surface area contributed by atoms with Gasteiger partial charge in [0.05, 0.1) is 5.60 Å². The summed E-state index contributed by atoms with van der Waals surface area (Å²) in [6.07, 6.45) is 2.78. The molecule has 1 atom stereocenters. The fourth-order valence-electron chi connectivity index (χ4n) is 2.23. The van der Waals surface area contributed by atoms with Crippen LogP contribution in [0.2, 0.25) is 0 Å². The Morgan fingerprint density at radius 1 is 1.00 bits per heavy atom. The lowest BCUT2D eigenvalue weighted by Gasteiger charge is -2.24. The number of aryl methyl sites for hydroxylation is 1. The molecule has 0 bridgehead atoms. The van der Waals surface area contributed by atoms with Gasteiger partial charge in [-0.1, -0.05) is 42.5 Å². The summed E-state index contributed by atoms with van der Waals surface area (Å²) in [5.74, 6) is 0. The minimum Gasteiger partial charge on any atom is -0.385 e. The first-order valence-electron chi connectivity index (χ1n) is 6.60. The summed E-state index contributed by atoms with van der Waals surface area (Å²) in [6.45, 7) is 1.90. The number of benzene rings is 2. The van der Waals surface area contributed by atoms with E-state index in [2.05, 4.69) is 46.9 Å². The Labute approximate surface area is 128 Å². The Kier molecular flexibility index (Phi) is 4.99. The minimum absolute atomic E-state index is 0.737. The first-order valence-corrected chi connectivity index (χ1v) is 7.68. The molecule has 0 aromatic heterocycles. The third kappa shape index (κ3) is 4.32. The van der Waals surface area contributed by atoms with E-state index in [-0.39, 0.29) is 0 Å². The normalized spacial score (nSPS) is 14.1. The largest absolute Gasteiger partial charge is 0.385 e. The van der Waals surface area contributed by atoms with E-state index in [1.807, 2.05) is 37.3 Å². The Hall–Kier alpha value is -0.870. The third-order valence-corrected chi connectivity index (χ3v) is 4.16. The predicted molar refractivity (Wildman–Crippen MR) is 88.1 cm³/mol. The number of halogens is 1. The zero-order valence-corrected chi connectivity index (χ0v) is 13.3. The summed E-state index contributed by atoms with van der Waals surface area (Å²) in [7, 11) is 0. The van der Waals surface area contributed by atoms with Gasteiger partial charge in [-0.05, 0) is 72.0 Å². The molecule has 2 aromatic rings. The molecule has 0 amide bonds. The second-order valence-corrected chi connectivity index (χ2v) is 6.37. The fraction of sp³-hybridized carbons (Fsp3) is 0.294. The maximum absolute atomic E-state index is 10.6. The van der Waals surface area contributed by atoms with E-state index < -0.39 is 5.60 Å². The van der Waals surface area contributed by atoms with Crippen LogP contribution in [0.5, 0.6) is 0 Å². The third-order valence-electron chi connectivity index (χ3n) is 3.44. The number of hydrogen-bond donors (Lipinski definition) is 1. The lowest BCUT2D eigenvalue weighted by molar-refractivity contribution is 0.0456. The van der Waals surface area contributed by atoms with Crippen molar-refractivity contribution in [3.63, 3.8) is 0 Å². The van der Waals surface area contributed by atoms with Gasteiger partial charge in [0, 0.05) is 3.57 Å². The minimum atomic E-state index is -0.737. The van der Waals surface area contributed by atoms with E-state index in [0.717, 1.165) is 24.8 Å². The van der Waals surface area contributed by atoms with Gasteiger partial charge in [-0.2, -0.15) is 0 Å². The Balaban J connectivity index is 1.92. The molecule has 2 aromatic carbocycles. The lowest BCUT2D eigenvalue weighted by atomic mass is 9.90. The average Bonchev–Trinajstić information content (AvgIpc) is 2.40. The van der Waals surface area contributed by atoms with Crippen molar-refractivity contribution >= 4 is 22.6 Å². The van der Waals surface area contributed by atoms with Gasteiger partial charge in [0.2, 0.25) is 0 Å². The Bertz CT molecular complexity index is 503. The van der Waals surface area contributed by atoms with Crippen molar-refractivity contribution in [3.05, 3.63) is 69.3 Å². The maximum atomic E-state index is 10.6. The molecule has 1 unspecified atom stereocenters. The smallest absolute Gasteiger partial charge is 0.0868 e. The van der Waals surface area contributed by atoms with Gasteiger partial charge in [-0.3, -0.25) is 0 Å². The van der Waals surface area contributed by atoms with Gasteiger partial charge in [-0.15, -0.1) is 0 Å². The van der Waals surface area contributed by atoms with E-state index in [9.17, 15) is 5.11 Å². The molecule has 100 valence electrons. The standard InChI is InChI=1S/C17H19IO/c1-17(19,15-9-11-16(18)12-10-15)13-5-8-14-6-3-2-4-7-14/h2-4,6-7,9-12,19H,5,8,13H2,1H3. The molecule has 0 saturated heterocycles. The molecule has 2 heteroatoms. The van der Waals surface area contributed by atoms with Gasteiger partial charge in [-0.25, -0.2) is 0 Å². The van der Waals surface area contributed by atoms with Gasteiger partial charge in [0.1, 0.15) is 0 Å². The van der Waals surface area contributed by atoms with Crippen molar-refractivity contribution in [2.75, 3.05) is 0 Å². The van der Waals surface area contributed by atoms with Crippen LogP contribution in [-0.4, -0.2) is 5.11 Å². The van der Waals surface area contributed by atoms with Crippen molar-refractivity contribution in [1.82, 2.24) is 0 Å². The molecule has 0 radical (unpaired) electrons. The van der Waals surface area contributed by atoms with Crippen LogP contribution in [-0.2, 0) is 12.0 Å². The highest BCUT2D eigenvalue weighted by Gasteiger charge is 2.22. The van der Waals surface area contributed by atoms with Crippen molar-refractivity contribution in [2.24, 2.45) is 0 Å². The molecule has 1 N–H and O–H groups in total. The molecule has 0 spiro atoms. The van der Waals surface area contributed by atoms with E-state index in [0.29, 0.717) is 0 Å². The van der Waals surface area contributed by atoms with Crippen molar-refractivity contribution in [3.8, 4) is 0 Å². The molecule has 0 aliphatic rings. The van der Waals surface area contributed by atoms with Crippen molar-refractivity contribution < 1.29 is 5.11 Å². The monoisotopic (exact) mass is 366 g/mol. The summed E-state index contributed by atoms with van der Waals surface area (Å²) in [5, 5.41) is 10.6. The van der Waals surface area contributed by atoms with Crippen molar-refractivity contribution in [1.29, 1.82) is 0 Å². The highest BCUT2D eigenvalue weighted by molar-refractivity contribution is 14.1. The predicted octanol–water partition coefficient (Wildman–Crippen LogP) is 4.52. The fourth-order valence-corrected chi connectivity index (χ4v) is 2.59. The molecule has 19 heavy (non-hydrogen) atoms. The molecule has 0 aliphatic heterocycles. The van der Waals surface area contributed by atoms with Gasteiger partial charge in [0.25, 0.3) is 0 Å². The van der Waals surface area contributed by atoms with E-state index >= 15 is 0 Å². The van der Waals surface area contributed by atoms with E-state index in [1.54, 1.807) is 0 Å². The molecular weight excluding hydrogens is 347 g/mol. The van der Waals surface area contributed by atoms with Gasteiger partial charge >= 0.3 is 0 Å². The molecular formula is C17H19IO. The summed E-state index contributed by atoms with van der Waals surface area (Å²) < 4.78 is 1.20. The van der Waals surface area contributed by atoms with E-state index in [4.69, 9.17) is 0 Å². The zero-order chi connectivity index (χ0) is 13.7. The first kappa shape index (κ1) is 14.5. The molecule has 0 saturated carbocycles. The quantitative estimate of drug-likeness (QED) is 0.772. The van der Waals surface area contributed by atoms with Crippen LogP contribution in [0.3, 0.4) is 0 Å². The van der Waals surface area contributed by atoms with Crippen LogP contribution in [0, 0.1) is 3.57 Å². The summed E-state index contributed by atoms with van der Waals surface area (Å²) in [4.78, 5) is 0. The molecule has 0 heterocycles. The average molecular weight is 366 g/mol. The highest BCUT2D eigenvalue weighted by Crippen LogP contribution is 2.27. The van der Waals surface area contributed by atoms with Crippen LogP contribution < -0.4 is 0 Å². The maximum Gasteiger partial charge on any atom is 0.0868 e. The van der Waals surface area contributed by atoms with Gasteiger partial charge < -0.3 is 5.11 Å². The molecule has 1 nitrogen and oxygen atoms in total. The first-order chi connectivity index (χ1) is 9.08. The van der Waals surface area contributed by atoms with Crippen LogP contribution in [0.4, 0.5) is 0 Å². The SMILES string of the molecule is CC(O)(CCCc1ccccc1)c1ccc(I)cc1. The van der Waals surface area contributed by atoms with Crippen LogP contribution >= 0.6 is 22.6 Å². The number of aliphatic hydroxyl groups is 1. The van der Waals surface area contributed by atoms with Crippen LogP contribution in [0.1, 0.15) is 30.9 Å². The Morgan fingerprint density at radius 2 is 1.63 bits per heavy atom. The number of hydrogen-bond acceptors (Lipinski definition) is 1. The molecule has 0 aliphatic carbocycles. The Morgan fingerprint density at radius 3 is 2.26 bits per heavy atom. The van der Waals surface area contributed by atoms with Crippen LogP contribution in [0.15, 0.2) is 54.6 Å². The number of rotatable bonds is 5. The summed E-state index contributed by atoms with van der Waals surface area (Å²) >= 11 is 2.28. The second kappa shape index (κ2) is 6.53. The molecule has 0 fully saturated rings. The lowest BCUT2D eigenvalue weighted by Crippen LogP contribution is -2.21. The zero-order valence-electron chi connectivity index (χ0n) is 11.1. The van der Waals surface area contributed by atoms with Gasteiger partial charge in [0.15, 0.2) is 0 Å². The highest BCUT2D eigenvalue weighted by atomic mass is 127. The topological polar surface area (TPSA) is 20.2 Å². The summed E-state index contributed by atoms with van der Waals surface area (Å²) in [6, 6.07) is 18.6. The van der Waals surface area contributed by atoms with E-state index in [1.165, 1.54) is 9.13 Å². The van der Waals surface area contributed by atoms with Crippen molar-refractivity contribution in [2.45, 2.75) is 31.8 Å². The second-order valence-electron chi connectivity index (χ2n) is 5.12.